The van der Waals surface area contributed by atoms with Gasteiger partial charge in [0.25, 0.3) is 0 Å². The zero-order valence-corrected chi connectivity index (χ0v) is 11.3. The largest absolute Gasteiger partial charge is 0.379 e. The van der Waals surface area contributed by atoms with Crippen molar-refractivity contribution in [2.75, 3.05) is 20.3 Å². The topological polar surface area (TPSA) is 38.3 Å². The molecule has 0 saturated carbocycles. The van der Waals surface area contributed by atoms with Gasteiger partial charge in [0.2, 0.25) is 0 Å². The maximum Gasteiger partial charge on any atom is 0.144 e. The predicted octanol–water partition coefficient (Wildman–Crippen LogP) is 1.65. The molecule has 1 aromatic carbocycles. The molecule has 3 nitrogen and oxygen atoms in total. The number of hydrogen-bond acceptors (Lipinski definition) is 3. The number of benzene rings is 1. The van der Waals surface area contributed by atoms with Crippen LogP contribution >= 0.6 is 0 Å². The molecule has 1 N–H and O–H groups in total. The third kappa shape index (κ3) is 2.79. The van der Waals surface area contributed by atoms with Crippen LogP contribution in [-0.2, 0) is 16.0 Å². The maximum atomic E-state index is 12.3. The fraction of sp³-hybridized carbons (Fsp3) is 0.533. The van der Waals surface area contributed by atoms with Gasteiger partial charge < -0.3 is 10.1 Å². The van der Waals surface area contributed by atoms with E-state index in [9.17, 15) is 4.79 Å². The van der Waals surface area contributed by atoms with Crippen molar-refractivity contribution in [1.82, 2.24) is 5.32 Å². The average Bonchev–Trinajstić information content (AvgIpc) is 2.82. The number of aryl methyl sites for hydroxylation is 2. The third-order valence-electron chi connectivity index (χ3n) is 3.81. The Kier molecular flexibility index (Phi) is 4.15. The first-order valence-corrected chi connectivity index (χ1v) is 6.45. The van der Waals surface area contributed by atoms with Crippen LogP contribution in [0.1, 0.15) is 16.7 Å². The van der Waals surface area contributed by atoms with Crippen LogP contribution in [0.5, 0.6) is 0 Å². The van der Waals surface area contributed by atoms with Gasteiger partial charge in [-0.25, -0.2) is 0 Å². The van der Waals surface area contributed by atoms with E-state index in [0.29, 0.717) is 19.6 Å². The van der Waals surface area contributed by atoms with Crippen LogP contribution in [0.25, 0.3) is 0 Å². The molecule has 0 aromatic heterocycles. The van der Waals surface area contributed by atoms with E-state index >= 15 is 0 Å². The molecule has 1 aromatic rings. The Morgan fingerprint density at radius 1 is 1.33 bits per heavy atom. The molecule has 0 amide bonds. The Hall–Kier alpha value is -1.19. The summed E-state index contributed by atoms with van der Waals surface area (Å²) in [5.74, 6) is 0.270. The highest BCUT2D eigenvalue weighted by atomic mass is 16.5. The number of rotatable bonds is 4. The van der Waals surface area contributed by atoms with Gasteiger partial charge in [-0.2, -0.15) is 0 Å². The van der Waals surface area contributed by atoms with Crippen molar-refractivity contribution in [3.63, 3.8) is 0 Å². The molecule has 2 rings (SSSR count). The van der Waals surface area contributed by atoms with Crippen LogP contribution in [-0.4, -0.2) is 32.1 Å². The SMILES string of the molecule is CNC1COCC1C(=O)Cc1ccc(C)c(C)c1. The van der Waals surface area contributed by atoms with Crippen molar-refractivity contribution in [2.24, 2.45) is 5.92 Å². The Balaban J connectivity index is 2.04. The highest BCUT2D eigenvalue weighted by Crippen LogP contribution is 2.18. The van der Waals surface area contributed by atoms with Gasteiger partial charge in [-0.05, 0) is 37.6 Å². The number of ketones is 1. The first kappa shape index (κ1) is 13.2. The molecule has 2 atom stereocenters. The minimum Gasteiger partial charge on any atom is -0.379 e. The second-order valence-corrected chi connectivity index (χ2v) is 5.10. The first-order valence-electron chi connectivity index (χ1n) is 6.45. The molecule has 2 unspecified atom stereocenters. The van der Waals surface area contributed by atoms with Crippen LogP contribution in [0.2, 0.25) is 0 Å². The van der Waals surface area contributed by atoms with Crippen molar-refractivity contribution >= 4 is 5.78 Å². The lowest BCUT2D eigenvalue weighted by atomic mass is 9.93. The van der Waals surface area contributed by atoms with Crippen molar-refractivity contribution in [2.45, 2.75) is 26.3 Å². The highest BCUT2D eigenvalue weighted by molar-refractivity contribution is 5.84. The van der Waals surface area contributed by atoms with E-state index in [4.69, 9.17) is 4.74 Å². The summed E-state index contributed by atoms with van der Waals surface area (Å²) in [6, 6.07) is 6.41. The summed E-state index contributed by atoms with van der Waals surface area (Å²) in [5, 5.41) is 3.16. The summed E-state index contributed by atoms with van der Waals surface area (Å²) in [5.41, 5.74) is 3.61. The monoisotopic (exact) mass is 247 g/mol. The molecule has 1 aliphatic heterocycles. The van der Waals surface area contributed by atoms with Gasteiger partial charge in [-0.3, -0.25) is 4.79 Å². The average molecular weight is 247 g/mol. The number of Topliss-reactive ketones (excluding diaryl/α,β-unsaturated/α-hetero) is 1. The lowest BCUT2D eigenvalue weighted by Crippen LogP contribution is -2.37. The quantitative estimate of drug-likeness (QED) is 0.879. The summed E-state index contributed by atoms with van der Waals surface area (Å²) in [4.78, 5) is 12.3. The summed E-state index contributed by atoms with van der Waals surface area (Å²) in [6.07, 6.45) is 0.507. The molecule has 3 heteroatoms. The van der Waals surface area contributed by atoms with E-state index in [2.05, 4.69) is 31.3 Å². The van der Waals surface area contributed by atoms with Gasteiger partial charge in [0.15, 0.2) is 0 Å². The van der Waals surface area contributed by atoms with Crippen LogP contribution in [0.4, 0.5) is 0 Å². The molecule has 0 spiro atoms. The van der Waals surface area contributed by atoms with Crippen molar-refractivity contribution in [1.29, 1.82) is 0 Å². The Morgan fingerprint density at radius 2 is 2.11 bits per heavy atom. The third-order valence-corrected chi connectivity index (χ3v) is 3.81. The molecule has 1 saturated heterocycles. The van der Waals surface area contributed by atoms with Crippen LogP contribution in [0.15, 0.2) is 18.2 Å². The number of likely N-dealkylation sites (N-methyl/N-ethyl adjacent to an activating group) is 1. The van der Waals surface area contributed by atoms with Gasteiger partial charge in [-0.15, -0.1) is 0 Å². The van der Waals surface area contributed by atoms with Gasteiger partial charge in [0, 0.05) is 12.5 Å². The number of hydrogen-bond donors (Lipinski definition) is 1. The molecule has 1 aliphatic rings. The van der Waals surface area contributed by atoms with Crippen LogP contribution < -0.4 is 5.32 Å². The van der Waals surface area contributed by atoms with Crippen LogP contribution in [0, 0.1) is 19.8 Å². The number of carbonyl (C=O) groups excluding carboxylic acids is 1. The molecule has 1 heterocycles. The molecule has 98 valence electrons. The first-order chi connectivity index (χ1) is 8.61. The molecule has 0 aliphatic carbocycles. The fourth-order valence-corrected chi connectivity index (χ4v) is 2.40. The van der Waals surface area contributed by atoms with E-state index in [1.54, 1.807) is 0 Å². The molecule has 0 radical (unpaired) electrons. The normalized spacial score (nSPS) is 23.3. The summed E-state index contributed by atoms with van der Waals surface area (Å²) in [7, 11) is 1.88. The van der Waals surface area contributed by atoms with Crippen molar-refractivity contribution in [3.05, 3.63) is 34.9 Å². The smallest absolute Gasteiger partial charge is 0.144 e. The maximum absolute atomic E-state index is 12.3. The van der Waals surface area contributed by atoms with Gasteiger partial charge >= 0.3 is 0 Å². The molecule has 18 heavy (non-hydrogen) atoms. The Bertz CT molecular complexity index is 442. The minimum atomic E-state index is -0.00314. The van der Waals surface area contributed by atoms with Crippen molar-refractivity contribution in [3.8, 4) is 0 Å². The fourth-order valence-electron chi connectivity index (χ4n) is 2.40. The second-order valence-electron chi connectivity index (χ2n) is 5.10. The van der Waals surface area contributed by atoms with Crippen molar-refractivity contribution < 1.29 is 9.53 Å². The lowest BCUT2D eigenvalue weighted by Gasteiger charge is -2.15. The van der Waals surface area contributed by atoms with Gasteiger partial charge in [0.05, 0.1) is 19.1 Å². The standard InChI is InChI=1S/C15H21NO2/c1-10-4-5-12(6-11(10)2)7-15(17)13-8-18-9-14(13)16-3/h4-6,13-14,16H,7-9H2,1-3H3. The highest BCUT2D eigenvalue weighted by Gasteiger charge is 2.32. The summed E-state index contributed by atoms with van der Waals surface area (Å²) < 4.78 is 5.38. The minimum absolute atomic E-state index is 0.00314. The predicted molar refractivity (Wildman–Crippen MR) is 71.8 cm³/mol. The zero-order valence-electron chi connectivity index (χ0n) is 11.3. The lowest BCUT2D eigenvalue weighted by molar-refractivity contribution is -0.122. The van der Waals surface area contributed by atoms with Gasteiger partial charge in [-0.1, -0.05) is 18.2 Å². The number of carbonyl (C=O) groups is 1. The molecule has 0 bridgehead atoms. The molecule has 1 fully saturated rings. The molecular weight excluding hydrogens is 226 g/mol. The van der Waals surface area contributed by atoms with Gasteiger partial charge in [0.1, 0.15) is 5.78 Å². The Labute approximate surface area is 109 Å². The second kappa shape index (κ2) is 5.63. The summed E-state index contributed by atoms with van der Waals surface area (Å²) >= 11 is 0. The Morgan fingerprint density at radius 3 is 2.78 bits per heavy atom. The number of nitrogens with one attached hydrogen (secondary N) is 1. The summed E-state index contributed by atoms with van der Waals surface area (Å²) in [6.45, 7) is 5.36. The number of ether oxygens (including phenoxy) is 1. The van der Waals surface area contributed by atoms with Crippen LogP contribution in [0.3, 0.4) is 0 Å². The van der Waals surface area contributed by atoms with E-state index in [1.165, 1.54) is 11.1 Å². The van der Waals surface area contributed by atoms with E-state index in [-0.39, 0.29) is 17.7 Å². The van der Waals surface area contributed by atoms with E-state index in [0.717, 1.165) is 5.56 Å². The molecular formula is C15H21NO2. The van der Waals surface area contributed by atoms with E-state index in [1.807, 2.05) is 13.1 Å². The zero-order chi connectivity index (χ0) is 13.1. The van der Waals surface area contributed by atoms with E-state index < -0.39 is 0 Å².